The molecule has 0 atom stereocenters. The van der Waals surface area contributed by atoms with Gasteiger partial charge in [0.25, 0.3) is 0 Å². The van der Waals surface area contributed by atoms with E-state index in [0.29, 0.717) is 18.1 Å². The molecule has 1 fully saturated rings. The molecule has 0 unspecified atom stereocenters. The van der Waals surface area contributed by atoms with Gasteiger partial charge in [0, 0.05) is 48.5 Å². The molecule has 0 aliphatic carbocycles. The molecule has 0 radical (unpaired) electrons. The fourth-order valence-corrected chi connectivity index (χ4v) is 3.04. The van der Waals surface area contributed by atoms with E-state index in [2.05, 4.69) is 10.2 Å². The van der Waals surface area contributed by atoms with Gasteiger partial charge in [-0.1, -0.05) is 41.4 Å². The van der Waals surface area contributed by atoms with Gasteiger partial charge in [0.15, 0.2) is 0 Å². The second-order valence-electron chi connectivity index (χ2n) is 5.83. The monoisotopic (exact) mass is 363 g/mol. The topological polar surface area (TPSA) is 35.6 Å². The van der Waals surface area contributed by atoms with E-state index in [1.54, 1.807) is 12.1 Å². The van der Waals surface area contributed by atoms with Crippen molar-refractivity contribution in [3.05, 3.63) is 64.1 Å². The number of nitrogens with one attached hydrogen (secondary N) is 1. The van der Waals surface area contributed by atoms with Crippen molar-refractivity contribution >= 4 is 34.9 Å². The summed E-state index contributed by atoms with van der Waals surface area (Å²) in [6.45, 7) is 4.00. The van der Waals surface area contributed by atoms with Gasteiger partial charge in [0.05, 0.1) is 0 Å². The van der Waals surface area contributed by atoms with Crippen LogP contribution in [-0.2, 0) is 6.54 Å². The average Bonchev–Trinajstić information content (AvgIpc) is 2.57. The van der Waals surface area contributed by atoms with Gasteiger partial charge >= 0.3 is 6.03 Å². The third-order valence-corrected chi connectivity index (χ3v) is 4.54. The summed E-state index contributed by atoms with van der Waals surface area (Å²) in [6.07, 6.45) is 0. The summed E-state index contributed by atoms with van der Waals surface area (Å²) in [5, 5.41) is 4.26. The van der Waals surface area contributed by atoms with Crippen molar-refractivity contribution in [3.8, 4) is 0 Å². The first-order valence-electron chi connectivity index (χ1n) is 7.88. The molecule has 1 aliphatic rings. The molecule has 3 rings (SSSR count). The van der Waals surface area contributed by atoms with Crippen LogP contribution in [0.5, 0.6) is 0 Å². The molecule has 6 heteroatoms. The molecule has 1 saturated heterocycles. The van der Waals surface area contributed by atoms with Crippen molar-refractivity contribution in [2.24, 2.45) is 0 Å². The summed E-state index contributed by atoms with van der Waals surface area (Å²) >= 11 is 11.9. The number of hydrogen-bond donors (Lipinski definition) is 1. The van der Waals surface area contributed by atoms with Gasteiger partial charge in [-0.05, 0) is 35.9 Å². The van der Waals surface area contributed by atoms with E-state index >= 15 is 0 Å². The second kappa shape index (κ2) is 7.88. The van der Waals surface area contributed by atoms with Gasteiger partial charge in [-0.25, -0.2) is 4.79 Å². The van der Waals surface area contributed by atoms with Gasteiger partial charge in [-0.15, -0.1) is 0 Å². The van der Waals surface area contributed by atoms with Crippen molar-refractivity contribution < 1.29 is 4.79 Å². The second-order valence-corrected chi connectivity index (χ2v) is 6.70. The number of hydrogen-bond acceptors (Lipinski definition) is 2. The molecular formula is C18H19Cl2N3O. The van der Waals surface area contributed by atoms with E-state index in [0.717, 1.165) is 30.3 Å². The first-order valence-corrected chi connectivity index (χ1v) is 8.64. The van der Waals surface area contributed by atoms with Gasteiger partial charge in [-0.2, -0.15) is 0 Å². The molecule has 126 valence electrons. The molecule has 2 amide bonds. The quantitative estimate of drug-likeness (QED) is 0.879. The maximum absolute atomic E-state index is 12.3. The van der Waals surface area contributed by atoms with E-state index in [-0.39, 0.29) is 6.03 Å². The highest BCUT2D eigenvalue weighted by molar-refractivity contribution is 6.31. The number of rotatable bonds is 3. The number of anilines is 1. The fraction of sp³-hybridized carbons (Fsp3) is 0.278. The zero-order valence-electron chi connectivity index (χ0n) is 13.2. The normalized spacial score (nSPS) is 15.3. The number of halogens is 2. The van der Waals surface area contributed by atoms with Crippen LogP contribution in [0.15, 0.2) is 48.5 Å². The summed E-state index contributed by atoms with van der Waals surface area (Å²) in [5.41, 5.74) is 1.95. The van der Waals surface area contributed by atoms with Crippen LogP contribution in [0.25, 0.3) is 0 Å². The summed E-state index contributed by atoms with van der Waals surface area (Å²) in [7, 11) is 0. The third kappa shape index (κ3) is 4.63. The highest BCUT2D eigenvalue weighted by atomic mass is 35.5. The zero-order valence-corrected chi connectivity index (χ0v) is 14.7. The molecule has 0 saturated carbocycles. The highest BCUT2D eigenvalue weighted by Gasteiger charge is 2.21. The van der Waals surface area contributed by atoms with Crippen LogP contribution < -0.4 is 5.32 Å². The molecule has 1 N–H and O–H groups in total. The molecule has 1 heterocycles. The number of piperazine rings is 1. The first kappa shape index (κ1) is 17.1. The lowest BCUT2D eigenvalue weighted by Gasteiger charge is -2.34. The van der Waals surface area contributed by atoms with Crippen molar-refractivity contribution in [1.82, 2.24) is 9.80 Å². The van der Waals surface area contributed by atoms with Crippen LogP contribution in [-0.4, -0.2) is 42.0 Å². The van der Waals surface area contributed by atoms with Gasteiger partial charge < -0.3 is 10.2 Å². The lowest BCUT2D eigenvalue weighted by atomic mass is 10.2. The van der Waals surface area contributed by atoms with Crippen molar-refractivity contribution in [3.63, 3.8) is 0 Å². The molecule has 4 nitrogen and oxygen atoms in total. The van der Waals surface area contributed by atoms with Crippen molar-refractivity contribution in [2.75, 3.05) is 31.5 Å². The predicted octanol–water partition coefficient (Wildman–Crippen LogP) is 4.34. The number of amides is 2. The first-order chi connectivity index (χ1) is 11.6. The SMILES string of the molecule is O=C(Nc1cccc(Cl)c1)N1CCN(Cc2ccc(Cl)cc2)CC1. The summed E-state index contributed by atoms with van der Waals surface area (Å²) in [5.74, 6) is 0. The maximum atomic E-state index is 12.3. The Labute approximate surface area is 152 Å². The van der Waals surface area contributed by atoms with Crippen LogP contribution in [0.2, 0.25) is 10.0 Å². The smallest absolute Gasteiger partial charge is 0.321 e. The molecule has 0 spiro atoms. The largest absolute Gasteiger partial charge is 0.322 e. The summed E-state index contributed by atoms with van der Waals surface area (Å²) < 4.78 is 0. The lowest BCUT2D eigenvalue weighted by Crippen LogP contribution is -2.49. The summed E-state index contributed by atoms with van der Waals surface area (Å²) in [6, 6.07) is 15.0. The Bertz CT molecular complexity index is 698. The molecule has 1 aliphatic heterocycles. The molecule has 0 aromatic heterocycles. The van der Waals surface area contributed by atoms with E-state index in [1.165, 1.54) is 5.56 Å². The highest BCUT2D eigenvalue weighted by Crippen LogP contribution is 2.16. The molecule has 2 aromatic rings. The molecule has 24 heavy (non-hydrogen) atoms. The Morgan fingerprint density at radius 1 is 0.958 bits per heavy atom. The van der Waals surface area contributed by atoms with Crippen LogP contribution in [0.4, 0.5) is 10.5 Å². The maximum Gasteiger partial charge on any atom is 0.321 e. The number of nitrogens with zero attached hydrogens (tertiary/aromatic N) is 2. The Kier molecular flexibility index (Phi) is 5.61. The minimum absolute atomic E-state index is 0.0802. The van der Waals surface area contributed by atoms with Crippen LogP contribution in [0, 0.1) is 0 Å². The number of carbonyl (C=O) groups is 1. The molecule has 0 bridgehead atoms. The van der Waals surface area contributed by atoms with E-state index in [4.69, 9.17) is 23.2 Å². The Morgan fingerprint density at radius 2 is 1.67 bits per heavy atom. The minimum atomic E-state index is -0.0802. The minimum Gasteiger partial charge on any atom is -0.322 e. The van der Waals surface area contributed by atoms with E-state index in [9.17, 15) is 4.79 Å². The molecular weight excluding hydrogens is 345 g/mol. The third-order valence-electron chi connectivity index (χ3n) is 4.05. The van der Waals surface area contributed by atoms with Gasteiger partial charge in [0.1, 0.15) is 0 Å². The Hall–Kier alpha value is -1.75. The summed E-state index contributed by atoms with van der Waals surface area (Å²) in [4.78, 5) is 16.5. The number of carbonyl (C=O) groups excluding carboxylic acids is 1. The Morgan fingerprint density at radius 3 is 2.33 bits per heavy atom. The fourth-order valence-electron chi connectivity index (χ4n) is 2.73. The Balaban J connectivity index is 1.49. The molecule has 2 aromatic carbocycles. The van der Waals surface area contributed by atoms with Gasteiger partial charge in [-0.3, -0.25) is 4.90 Å². The van der Waals surface area contributed by atoms with Crippen LogP contribution in [0.1, 0.15) is 5.56 Å². The van der Waals surface area contributed by atoms with Crippen LogP contribution in [0.3, 0.4) is 0 Å². The standard InChI is InChI=1S/C18H19Cl2N3O/c19-15-6-4-14(5-7-15)13-22-8-10-23(11-9-22)18(24)21-17-3-1-2-16(20)12-17/h1-7,12H,8-11,13H2,(H,21,24). The lowest BCUT2D eigenvalue weighted by molar-refractivity contribution is 0.143. The van der Waals surface area contributed by atoms with Crippen LogP contribution >= 0.6 is 23.2 Å². The van der Waals surface area contributed by atoms with Crippen molar-refractivity contribution in [1.29, 1.82) is 0 Å². The van der Waals surface area contributed by atoms with E-state index in [1.807, 2.05) is 41.3 Å². The van der Waals surface area contributed by atoms with Gasteiger partial charge in [0.2, 0.25) is 0 Å². The number of urea groups is 1. The average molecular weight is 364 g/mol. The van der Waals surface area contributed by atoms with E-state index < -0.39 is 0 Å². The van der Waals surface area contributed by atoms with Crippen molar-refractivity contribution in [2.45, 2.75) is 6.54 Å². The predicted molar refractivity (Wildman–Crippen MR) is 98.8 cm³/mol. The zero-order chi connectivity index (χ0) is 16.9. The number of benzene rings is 2.